The van der Waals surface area contributed by atoms with Gasteiger partial charge in [-0.3, -0.25) is 14.3 Å². The Morgan fingerprint density at radius 3 is 2.30 bits per heavy atom. The third-order valence-electron chi connectivity index (χ3n) is 10.9. The van der Waals surface area contributed by atoms with E-state index in [0.717, 1.165) is 53.3 Å². The molecule has 54 heavy (non-hydrogen) atoms. The van der Waals surface area contributed by atoms with Gasteiger partial charge in [0.1, 0.15) is 0 Å². The second-order valence-corrected chi connectivity index (χ2v) is 20.1. The van der Waals surface area contributed by atoms with Crippen LogP contribution in [0.25, 0.3) is 0 Å². The molecule has 3 aliphatic heterocycles. The molecule has 0 radical (unpaired) electrons. The number of ether oxygens (including phenoxy) is 2. The van der Waals surface area contributed by atoms with Crippen LogP contribution in [-0.4, -0.2) is 88.6 Å². The number of hydrogen-bond acceptors (Lipinski definition) is 7. The quantitative estimate of drug-likeness (QED) is 0.129. The van der Waals surface area contributed by atoms with Gasteiger partial charge in [-0.15, -0.1) is 0 Å². The van der Waals surface area contributed by atoms with Crippen LogP contribution in [0.5, 0.6) is 11.5 Å². The van der Waals surface area contributed by atoms with Crippen LogP contribution < -0.4 is 25.2 Å². The maximum atomic E-state index is 16.8. The number of nitrogens with zero attached hydrogens (tertiary/aromatic N) is 3. The molecule has 3 atom stereocenters. The Labute approximate surface area is 320 Å². The van der Waals surface area contributed by atoms with E-state index >= 15 is 8.78 Å². The van der Waals surface area contributed by atoms with Crippen molar-refractivity contribution < 1.29 is 27.1 Å². The predicted molar refractivity (Wildman–Crippen MR) is 214 cm³/mol. The van der Waals surface area contributed by atoms with Crippen molar-refractivity contribution in [1.82, 2.24) is 15.1 Å². The Morgan fingerprint density at radius 1 is 1.04 bits per heavy atom. The van der Waals surface area contributed by atoms with Crippen molar-refractivity contribution in [3.05, 3.63) is 108 Å². The normalized spacial score (nSPS) is 21.1. The van der Waals surface area contributed by atoms with Crippen molar-refractivity contribution in [3.63, 3.8) is 0 Å². The number of fused-ring (bicyclic) bond motifs is 2. The van der Waals surface area contributed by atoms with Gasteiger partial charge < -0.3 is 24.1 Å². The van der Waals surface area contributed by atoms with E-state index in [9.17, 15) is 4.39 Å². The number of alkyl halides is 3. The van der Waals surface area contributed by atoms with Crippen LogP contribution in [0.1, 0.15) is 64.6 Å². The van der Waals surface area contributed by atoms with E-state index < -0.39 is 38.5 Å². The standard InChI is InChI=1S/C43H55F3N4O3Si/c1-7-34(48-35-19-22-49(27-35)21-14-20-44)26-47-32(3)41-38-25-40-39(51-30-52-40)24-33(38)23-31(2)50(41)28-43(45,46)29-53-54(42(4,5)6,36-15-10-8-11-16-36)37-17-12-9-13-18-37/h7-13,15-18,24-26,31,35,41,48H,3,14,19-23,27-30H2,1-2,4-6H3/b34-7+,47-26?/t31-,35+,41-/m1/s1. The highest BCUT2D eigenvalue weighted by molar-refractivity contribution is 6.99. The Morgan fingerprint density at radius 2 is 1.69 bits per heavy atom. The molecule has 0 aliphatic carbocycles. The highest BCUT2D eigenvalue weighted by Crippen LogP contribution is 2.45. The number of halogens is 3. The van der Waals surface area contributed by atoms with E-state index in [2.05, 4.69) is 37.6 Å². The SMILES string of the molecule is C=C(N=C/C(=C\C)N[C@H]1CCN(CCCF)C1)[C@@H]1c2cc3c(cc2C[C@@H](C)N1CC(F)(F)CO[Si](c1ccccc1)(c1ccccc1)C(C)(C)C)OCO3. The van der Waals surface area contributed by atoms with E-state index in [1.54, 1.807) is 6.21 Å². The van der Waals surface area contributed by atoms with Crippen LogP contribution in [0.3, 0.4) is 0 Å². The van der Waals surface area contributed by atoms with Gasteiger partial charge in [0.25, 0.3) is 14.2 Å². The van der Waals surface area contributed by atoms with E-state index in [4.69, 9.17) is 18.9 Å². The molecule has 0 spiro atoms. The summed E-state index contributed by atoms with van der Waals surface area (Å²) in [4.78, 5) is 8.92. The fraction of sp³-hybridized carbons (Fsp3) is 0.465. The van der Waals surface area contributed by atoms with Gasteiger partial charge in [-0.2, -0.15) is 0 Å². The second-order valence-electron chi connectivity index (χ2n) is 15.8. The minimum Gasteiger partial charge on any atom is -0.454 e. The van der Waals surface area contributed by atoms with Crippen molar-refractivity contribution in [3.8, 4) is 11.5 Å². The number of rotatable bonds is 15. The van der Waals surface area contributed by atoms with Crippen molar-refractivity contribution >= 4 is 24.9 Å². The van der Waals surface area contributed by atoms with Crippen molar-refractivity contribution in [2.24, 2.45) is 4.99 Å². The summed E-state index contributed by atoms with van der Waals surface area (Å²) in [6, 6.07) is 22.9. The summed E-state index contributed by atoms with van der Waals surface area (Å²) in [6.45, 7) is 15.6. The Kier molecular flexibility index (Phi) is 12.4. The minimum absolute atomic E-state index is 0.113. The van der Waals surface area contributed by atoms with Crippen LogP contribution >= 0.6 is 0 Å². The third-order valence-corrected chi connectivity index (χ3v) is 15.9. The monoisotopic (exact) mass is 760 g/mol. The molecule has 0 bridgehead atoms. The molecule has 3 aliphatic rings. The highest BCUT2D eigenvalue weighted by Gasteiger charge is 2.52. The maximum absolute atomic E-state index is 16.8. The fourth-order valence-electron chi connectivity index (χ4n) is 8.30. The van der Waals surface area contributed by atoms with Crippen LogP contribution in [0.15, 0.2) is 102 Å². The molecule has 0 saturated carbocycles. The molecule has 290 valence electrons. The molecule has 3 aromatic carbocycles. The van der Waals surface area contributed by atoms with Gasteiger partial charge in [0.05, 0.1) is 31.6 Å². The van der Waals surface area contributed by atoms with Crippen molar-refractivity contribution in [1.29, 1.82) is 0 Å². The first kappa shape index (κ1) is 39.8. The van der Waals surface area contributed by atoms with E-state index in [0.29, 0.717) is 30.0 Å². The largest absolute Gasteiger partial charge is 0.454 e. The molecule has 0 unspecified atom stereocenters. The van der Waals surface area contributed by atoms with Gasteiger partial charge in [0.15, 0.2) is 11.5 Å². The third kappa shape index (κ3) is 8.64. The molecular weight excluding hydrogens is 706 g/mol. The highest BCUT2D eigenvalue weighted by atomic mass is 28.4. The van der Waals surface area contributed by atoms with Gasteiger partial charge in [-0.25, -0.2) is 8.78 Å². The number of allylic oxidation sites excluding steroid dienone is 2. The van der Waals surface area contributed by atoms with Crippen LogP contribution in [-0.2, 0) is 10.8 Å². The zero-order chi connectivity index (χ0) is 38.5. The molecule has 0 aromatic heterocycles. The van der Waals surface area contributed by atoms with E-state index in [-0.39, 0.29) is 25.6 Å². The van der Waals surface area contributed by atoms with Crippen molar-refractivity contribution in [2.75, 3.05) is 46.3 Å². The number of nitrogens with one attached hydrogen (secondary N) is 1. The predicted octanol–water partition coefficient (Wildman–Crippen LogP) is 7.43. The van der Waals surface area contributed by atoms with E-state index in [1.807, 2.05) is 97.6 Å². The summed E-state index contributed by atoms with van der Waals surface area (Å²) in [6.07, 6.45) is 5.71. The molecule has 1 fully saturated rings. The molecule has 1 N–H and O–H groups in total. The van der Waals surface area contributed by atoms with Gasteiger partial charge in [0, 0.05) is 43.6 Å². The molecule has 3 heterocycles. The van der Waals surface area contributed by atoms with Gasteiger partial charge in [0.2, 0.25) is 6.79 Å². The Hall–Kier alpha value is -3.90. The summed E-state index contributed by atoms with van der Waals surface area (Å²) in [5.74, 6) is -1.98. The van der Waals surface area contributed by atoms with Crippen LogP contribution in [0.2, 0.25) is 5.04 Å². The number of hydrogen-bond donors (Lipinski definition) is 1. The summed E-state index contributed by atoms with van der Waals surface area (Å²) in [5, 5.41) is 5.03. The van der Waals surface area contributed by atoms with Gasteiger partial charge in [-0.1, -0.05) is 94.1 Å². The van der Waals surface area contributed by atoms with Gasteiger partial charge in [-0.05, 0) is 71.8 Å². The average Bonchev–Trinajstić information content (AvgIpc) is 3.81. The smallest absolute Gasteiger partial charge is 0.282 e. The number of likely N-dealkylation sites (tertiary alicyclic amines) is 1. The number of benzene rings is 3. The van der Waals surface area contributed by atoms with E-state index in [1.165, 1.54) is 0 Å². The number of aliphatic imine (C=N–C) groups is 1. The molecule has 3 aromatic rings. The Balaban J connectivity index is 1.27. The topological polar surface area (TPSA) is 58.6 Å². The summed E-state index contributed by atoms with van der Waals surface area (Å²) in [7, 11) is -3.21. The fourth-order valence-corrected chi connectivity index (χ4v) is 12.9. The molecule has 6 rings (SSSR count). The van der Waals surface area contributed by atoms with Crippen molar-refractivity contribution in [2.45, 2.75) is 83.0 Å². The molecule has 1 saturated heterocycles. The molecule has 11 heteroatoms. The molecule has 0 amide bonds. The summed E-state index contributed by atoms with van der Waals surface area (Å²) in [5.41, 5.74) is 3.10. The molecular formula is C43H55F3N4O3Si. The van der Waals surface area contributed by atoms with Crippen LogP contribution in [0, 0.1) is 0 Å². The maximum Gasteiger partial charge on any atom is 0.282 e. The lowest BCUT2D eigenvalue weighted by atomic mass is 9.86. The summed E-state index contributed by atoms with van der Waals surface area (Å²) < 4.78 is 64.5. The zero-order valence-corrected chi connectivity index (χ0v) is 33.3. The average molecular weight is 761 g/mol. The first-order chi connectivity index (χ1) is 25.8. The van der Waals surface area contributed by atoms with Crippen LogP contribution in [0.4, 0.5) is 13.2 Å². The lowest BCUT2D eigenvalue weighted by Gasteiger charge is -2.45. The molecule has 7 nitrogen and oxygen atoms in total. The van der Waals surface area contributed by atoms with Gasteiger partial charge >= 0.3 is 0 Å². The minimum atomic E-state index is -3.22. The zero-order valence-electron chi connectivity index (χ0n) is 32.3. The lowest BCUT2D eigenvalue weighted by Crippen LogP contribution is -2.67. The Bertz CT molecular complexity index is 1760. The summed E-state index contributed by atoms with van der Waals surface area (Å²) >= 11 is 0. The lowest BCUT2D eigenvalue weighted by molar-refractivity contribution is -0.0822. The second kappa shape index (κ2) is 16.9. The first-order valence-corrected chi connectivity index (χ1v) is 21.0. The first-order valence-electron chi connectivity index (χ1n) is 19.1.